The molecule has 10 aromatic carbocycles. The number of hydrogen-bond acceptors (Lipinski definition) is 5. The van der Waals surface area contributed by atoms with Gasteiger partial charge in [-0.05, 0) is 131 Å². The zero-order valence-corrected chi connectivity index (χ0v) is 38.3. The van der Waals surface area contributed by atoms with E-state index in [-0.39, 0.29) is 0 Å². The zero-order chi connectivity index (χ0) is 45.0. The first-order valence-corrected chi connectivity index (χ1v) is 24.4. The minimum atomic E-state index is 1.02. The normalized spacial score (nSPS) is 11.5. The summed E-state index contributed by atoms with van der Waals surface area (Å²) in [4.78, 5) is 12.3. The molecule has 0 amide bonds. The molecule has 0 bridgehead atoms. The highest BCUT2D eigenvalue weighted by atomic mass is 32.1. The van der Waals surface area contributed by atoms with Crippen molar-refractivity contribution in [1.29, 1.82) is 0 Å². The quantitative estimate of drug-likeness (QED) is 0.145. The van der Waals surface area contributed by atoms with E-state index < -0.39 is 0 Å². The monoisotopic (exact) mass is 904 g/mol. The second-order valence-corrected chi connectivity index (χ2v) is 19.1. The third-order valence-corrected chi connectivity index (χ3v) is 15.1. The fraction of sp³-hybridized carbons (Fsp3) is 0. The summed E-state index contributed by atoms with van der Waals surface area (Å²) in [5.41, 5.74) is 18.1. The van der Waals surface area contributed by atoms with Crippen LogP contribution in [0.3, 0.4) is 0 Å². The molecule has 0 aliphatic rings. The van der Waals surface area contributed by atoms with E-state index >= 15 is 0 Å². The number of para-hydroxylation sites is 4. The molecular weight excluding hydrogens is 865 g/mol. The van der Waals surface area contributed by atoms with Crippen LogP contribution in [-0.2, 0) is 0 Å². The molecule has 4 nitrogen and oxygen atoms in total. The van der Waals surface area contributed by atoms with Crippen molar-refractivity contribution in [1.82, 2.24) is 14.5 Å². The first-order valence-electron chi connectivity index (χ1n) is 22.8. The predicted molar refractivity (Wildman–Crippen MR) is 289 cm³/mol. The van der Waals surface area contributed by atoms with Gasteiger partial charge in [0.2, 0.25) is 0 Å². The van der Waals surface area contributed by atoms with E-state index in [4.69, 9.17) is 9.97 Å². The predicted octanol–water partition coefficient (Wildman–Crippen LogP) is 17.8. The molecule has 0 radical (unpaired) electrons. The van der Waals surface area contributed by atoms with Crippen molar-refractivity contribution in [3.8, 4) is 60.2 Å². The Kier molecular flexibility index (Phi) is 9.85. The van der Waals surface area contributed by atoms with Gasteiger partial charge >= 0.3 is 0 Å². The maximum Gasteiger partial charge on any atom is 0.124 e. The summed E-state index contributed by atoms with van der Waals surface area (Å²) < 4.78 is 4.78. The van der Waals surface area contributed by atoms with Gasteiger partial charge < -0.3 is 9.47 Å². The van der Waals surface area contributed by atoms with Gasteiger partial charge in [0.1, 0.15) is 10.0 Å². The Balaban J connectivity index is 0.791. The third-order valence-electron chi connectivity index (χ3n) is 12.9. The lowest BCUT2D eigenvalue weighted by atomic mass is 9.99. The zero-order valence-electron chi connectivity index (χ0n) is 36.7. The molecule has 0 aliphatic heterocycles. The third kappa shape index (κ3) is 7.15. The Bertz CT molecular complexity index is 3880. The Hall–Kier alpha value is -8.42. The molecule has 0 saturated heterocycles. The van der Waals surface area contributed by atoms with Crippen molar-refractivity contribution in [2.24, 2.45) is 0 Å². The summed E-state index contributed by atoms with van der Waals surface area (Å²) in [6.07, 6.45) is 0. The van der Waals surface area contributed by atoms with Gasteiger partial charge in [-0.15, -0.1) is 22.7 Å². The average molecular weight is 905 g/mol. The first kappa shape index (κ1) is 39.9. The highest BCUT2D eigenvalue weighted by Crippen LogP contribution is 2.43. The molecule has 13 rings (SSSR count). The van der Waals surface area contributed by atoms with E-state index in [1.54, 1.807) is 22.7 Å². The fourth-order valence-electron chi connectivity index (χ4n) is 9.55. The number of hydrogen-bond donors (Lipinski definition) is 0. The van der Waals surface area contributed by atoms with Crippen LogP contribution in [0.5, 0.6) is 0 Å². The topological polar surface area (TPSA) is 34.0 Å². The van der Waals surface area contributed by atoms with Crippen LogP contribution >= 0.6 is 22.7 Å². The average Bonchev–Trinajstić information content (AvgIpc) is 4.14. The summed E-state index contributed by atoms with van der Waals surface area (Å²) in [6, 6.07) is 87.1. The molecule has 13 aromatic rings. The lowest BCUT2D eigenvalue weighted by molar-refractivity contribution is 1.18. The number of benzene rings is 10. The second kappa shape index (κ2) is 16.8. The number of nitrogens with zero attached hydrogens (tertiary/aromatic N) is 4. The fourth-order valence-corrected chi connectivity index (χ4v) is 11.5. The summed E-state index contributed by atoms with van der Waals surface area (Å²) in [7, 11) is 0. The Morgan fingerprint density at radius 1 is 0.338 bits per heavy atom. The van der Waals surface area contributed by atoms with E-state index in [0.29, 0.717) is 0 Å². The van der Waals surface area contributed by atoms with Gasteiger partial charge in [0.05, 0.1) is 37.2 Å². The largest absolute Gasteiger partial charge is 0.310 e. The number of rotatable bonds is 9. The molecule has 0 fully saturated rings. The van der Waals surface area contributed by atoms with Crippen molar-refractivity contribution >= 4 is 82.0 Å². The molecule has 0 atom stereocenters. The van der Waals surface area contributed by atoms with E-state index in [2.05, 4.69) is 246 Å². The highest BCUT2D eigenvalue weighted by Gasteiger charge is 2.19. The lowest BCUT2D eigenvalue weighted by Gasteiger charge is -2.28. The van der Waals surface area contributed by atoms with E-state index in [1.165, 1.54) is 59.0 Å². The van der Waals surface area contributed by atoms with Crippen LogP contribution in [0.1, 0.15) is 0 Å². The van der Waals surface area contributed by atoms with Crippen LogP contribution in [0.15, 0.2) is 243 Å². The van der Waals surface area contributed by atoms with Crippen LogP contribution in [0.25, 0.3) is 102 Å². The minimum absolute atomic E-state index is 1.02. The summed E-state index contributed by atoms with van der Waals surface area (Å²) >= 11 is 3.47. The van der Waals surface area contributed by atoms with Crippen LogP contribution in [0.2, 0.25) is 0 Å². The SMILES string of the molecule is c1ccc(-c2ccccc2N(c2ccc(-c3ccc(-c4ccc(-n5c6ccccc6c6cc(-c7nc8ccccc8s7)ccc65)cc4)cc3)cc2)c2ccc(-c3nc4ccccc4s3)cc2)cc1. The molecule has 68 heavy (non-hydrogen) atoms. The number of aromatic nitrogens is 3. The van der Waals surface area contributed by atoms with Gasteiger partial charge in [-0.1, -0.05) is 140 Å². The van der Waals surface area contributed by atoms with Gasteiger partial charge in [-0.2, -0.15) is 0 Å². The van der Waals surface area contributed by atoms with Crippen LogP contribution in [0.4, 0.5) is 17.1 Å². The van der Waals surface area contributed by atoms with Crippen LogP contribution in [0, 0.1) is 0 Å². The molecule has 0 saturated carbocycles. The maximum absolute atomic E-state index is 4.96. The number of anilines is 3. The van der Waals surface area contributed by atoms with Gasteiger partial charge in [0, 0.05) is 44.5 Å². The molecular formula is C62H40N4S2. The van der Waals surface area contributed by atoms with Crippen molar-refractivity contribution in [3.05, 3.63) is 243 Å². The standard InChI is InChI=1S/C62H40N4S2/c1-2-12-45(13-3-1)51-14-4-8-18-56(51)65(49-37-30-46(31-38-49)61-63-54-16-6-10-20-59(54)67-61)48-33-26-43(27-34-48)41-22-24-42(25-23-41)44-28-35-50(36-29-44)66-57-19-9-5-15-52(57)53-40-47(32-39-58(53)66)62-64-55-17-7-11-21-60(55)68-62/h1-40H. The lowest BCUT2D eigenvalue weighted by Crippen LogP contribution is -2.11. The molecule has 0 spiro atoms. The van der Waals surface area contributed by atoms with Crippen LogP contribution in [-0.4, -0.2) is 14.5 Å². The highest BCUT2D eigenvalue weighted by molar-refractivity contribution is 7.22. The van der Waals surface area contributed by atoms with Gasteiger partial charge in [-0.25, -0.2) is 9.97 Å². The van der Waals surface area contributed by atoms with Crippen molar-refractivity contribution < 1.29 is 0 Å². The van der Waals surface area contributed by atoms with Gasteiger partial charge in [-0.3, -0.25) is 0 Å². The molecule has 0 N–H and O–H groups in total. The van der Waals surface area contributed by atoms with Gasteiger partial charge in [0.25, 0.3) is 0 Å². The molecule has 3 aromatic heterocycles. The molecule has 3 heterocycles. The first-order chi connectivity index (χ1) is 33.7. The number of fused-ring (bicyclic) bond motifs is 5. The minimum Gasteiger partial charge on any atom is -0.310 e. The van der Waals surface area contributed by atoms with Gasteiger partial charge in [0.15, 0.2) is 0 Å². The summed E-state index contributed by atoms with van der Waals surface area (Å²) in [5.74, 6) is 0. The van der Waals surface area contributed by atoms with Crippen LogP contribution < -0.4 is 4.90 Å². The van der Waals surface area contributed by atoms with Crippen molar-refractivity contribution in [3.63, 3.8) is 0 Å². The Morgan fingerprint density at radius 3 is 1.44 bits per heavy atom. The molecule has 320 valence electrons. The Labute approximate surface area is 402 Å². The van der Waals surface area contributed by atoms with Crippen molar-refractivity contribution in [2.45, 2.75) is 0 Å². The maximum atomic E-state index is 4.96. The summed E-state index contributed by atoms with van der Waals surface area (Å²) in [5, 5.41) is 4.53. The molecule has 0 aliphatic carbocycles. The number of thiazole rings is 2. The second-order valence-electron chi connectivity index (χ2n) is 17.0. The van der Waals surface area contributed by atoms with E-state index in [0.717, 1.165) is 60.5 Å². The molecule has 6 heteroatoms. The molecule has 0 unspecified atom stereocenters. The smallest absolute Gasteiger partial charge is 0.124 e. The van der Waals surface area contributed by atoms with E-state index in [1.807, 2.05) is 6.07 Å². The summed E-state index contributed by atoms with van der Waals surface area (Å²) in [6.45, 7) is 0. The Morgan fingerprint density at radius 2 is 0.809 bits per heavy atom. The van der Waals surface area contributed by atoms with Crippen molar-refractivity contribution in [2.75, 3.05) is 4.90 Å². The van der Waals surface area contributed by atoms with E-state index in [9.17, 15) is 0 Å².